The molecule has 4 aromatic carbocycles. The lowest BCUT2D eigenvalue weighted by atomic mass is 9.58. The molecule has 4 N–H and O–H groups in total. The first kappa shape index (κ1) is 40.9. The molecule has 3 aliphatic rings. The van der Waals surface area contributed by atoms with Crippen molar-refractivity contribution in [3.05, 3.63) is 130 Å². The van der Waals surface area contributed by atoms with Crippen LogP contribution < -0.4 is 20.7 Å². The monoisotopic (exact) mass is 803 g/mol. The number of aromatic hydroxyl groups is 1. The molecule has 57 heavy (non-hydrogen) atoms. The molecule has 4 atom stereocenters. The number of rotatable bonds is 11. The first-order chi connectivity index (χ1) is 27.2. The minimum Gasteiger partial charge on any atom is -0.508 e. The van der Waals surface area contributed by atoms with Gasteiger partial charge in [-0.2, -0.15) is 0 Å². The van der Waals surface area contributed by atoms with E-state index in [1.54, 1.807) is 24.3 Å². The number of anilines is 1. The highest BCUT2D eigenvalue weighted by molar-refractivity contribution is 6.99. The molecule has 4 aromatic rings. The van der Waals surface area contributed by atoms with E-state index in [4.69, 9.17) is 20.7 Å². The van der Waals surface area contributed by atoms with Crippen molar-refractivity contribution in [1.82, 2.24) is 0 Å². The number of imide groups is 1. The molecule has 0 unspecified atom stereocenters. The van der Waals surface area contributed by atoms with Crippen LogP contribution in [-0.2, 0) is 18.7 Å². The highest BCUT2D eigenvalue weighted by Gasteiger charge is 2.58. The second-order valence-corrected chi connectivity index (χ2v) is 21.2. The lowest BCUT2D eigenvalue weighted by Crippen LogP contribution is -2.66. The average Bonchev–Trinajstić information content (AvgIpc) is 3.43. The maximum Gasteiger partial charge on any atom is 0.488 e. The van der Waals surface area contributed by atoms with Crippen molar-refractivity contribution in [2.75, 3.05) is 11.5 Å². The van der Waals surface area contributed by atoms with Crippen LogP contribution in [0.15, 0.2) is 120 Å². The van der Waals surface area contributed by atoms with Crippen molar-refractivity contribution < 1.29 is 38.8 Å². The first-order valence-electron chi connectivity index (χ1n) is 19.5. The van der Waals surface area contributed by atoms with Gasteiger partial charge in [0.1, 0.15) is 5.75 Å². The summed E-state index contributed by atoms with van der Waals surface area (Å²) in [5.74, 6) is -2.62. The molecule has 2 amide bonds. The molecule has 0 aromatic heterocycles. The molecule has 9 nitrogen and oxygen atoms in total. The molecule has 0 spiro atoms. The Kier molecular flexibility index (Phi) is 11.9. The quantitative estimate of drug-likeness (QED) is 0.0889. The Labute approximate surface area is 341 Å². The van der Waals surface area contributed by atoms with E-state index in [1.165, 1.54) is 23.1 Å². The largest absolute Gasteiger partial charge is 0.508 e. The number of allylic oxidation sites excluding steroid dienone is 1. The zero-order valence-electron chi connectivity index (χ0n) is 32.6. The zero-order chi connectivity index (χ0) is 40.6. The van der Waals surface area contributed by atoms with E-state index < -0.39 is 46.4 Å². The number of carbonyl (C=O) groups excluding carboxylic acids is 2. The van der Waals surface area contributed by atoms with Gasteiger partial charge in [0.25, 0.3) is 8.32 Å². The molecule has 2 fully saturated rings. The van der Waals surface area contributed by atoms with Gasteiger partial charge in [-0.3, -0.25) is 14.5 Å². The highest BCUT2D eigenvalue weighted by atomic mass is 35.5. The molecule has 0 bridgehead atoms. The first-order valence-corrected chi connectivity index (χ1v) is 21.8. The fourth-order valence-electron chi connectivity index (χ4n) is 9.26. The number of halogens is 1. The van der Waals surface area contributed by atoms with Gasteiger partial charge < -0.3 is 29.3 Å². The Morgan fingerprint density at radius 1 is 0.947 bits per heavy atom. The Morgan fingerprint density at radius 3 is 2.23 bits per heavy atom. The van der Waals surface area contributed by atoms with Crippen LogP contribution in [-0.4, -0.2) is 67.3 Å². The van der Waals surface area contributed by atoms with Crippen LogP contribution in [0, 0.1) is 17.8 Å². The SMILES string of the molecule is C/C(=C\c1ccc(O)cc1Cl)CC[C@H]1OB(O)C[C@H]2C1=C(CO[Si](c1ccccc1)(c1ccccc1)C(C)(C)C)C[C@H]1C(=O)N(c3cccc(B(O)O)c3)C(=O)[C@H]12. The van der Waals surface area contributed by atoms with Gasteiger partial charge in [0, 0.05) is 0 Å². The molecule has 13 heteroatoms. The highest BCUT2D eigenvalue weighted by Crippen LogP contribution is 2.52. The van der Waals surface area contributed by atoms with Crippen molar-refractivity contribution in [1.29, 1.82) is 0 Å². The molecule has 0 radical (unpaired) electrons. The molecule has 7 rings (SSSR count). The predicted octanol–water partition coefficient (Wildman–Crippen LogP) is 5.49. The number of amides is 2. The van der Waals surface area contributed by atoms with Crippen molar-refractivity contribution >= 4 is 73.6 Å². The Hall–Kier alpha value is -4.26. The summed E-state index contributed by atoms with van der Waals surface area (Å²) in [5, 5.41) is 43.3. The van der Waals surface area contributed by atoms with Gasteiger partial charge in [0.15, 0.2) is 0 Å². The number of benzene rings is 4. The van der Waals surface area contributed by atoms with E-state index >= 15 is 0 Å². The smallest absolute Gasteiger partial charge is 0.488 e. The second kappa shape index (κ2) is 16.5. The third-order valence-electron chi connectivity index (χ3n) is 11.8. The molecule has 2 heterocycles. The zero-order valence-corrected chi connectivity index (χ0v) is 34.4. The number of carbonyl (C=O) groups is 2. The van der Waals surface area contributed by atoms with Crippen LogP contribution >= 0.6 is 11.6 Å². The molecule has 1 aliphatic carbocycles. The predicted molar refractivity (Wildman–Crippen MR) is 228 cm³/mol. The summed E-state index contributed by atoms with van der Waals surface area (Å²) in [4.78, 5) is 30.2. The number of hydrogen-bond donors (Lipinski definition) is 4. The van der Waals surface area contributed by atoms with Gasteiger partial charge in [-0.1, -0.05) is 117 Å². The third-order valence-corrected chi connectivity index (χ3v) is 17.1. The molecular formula is C44H48B2ClNO8Si. The standard InChI is InChI=1S/C44H48B2ClNO8Si/c1-28(22-29-19-20-33(49)25-38(29)47)18-21-39-40-30(27-55-57(44(2,3)4,34-14-7-5-8-15-34)35-16-9-6-10-17-35)23-36-41(37(40)26-45(52)56-39)43(51)48(42(36)50)32-13-11-12-31(24-32)46(53)54/h5-17,19-20,22,24-25,36-37,39,41,49,52-54H,18,21,23,26-27H2,1-4H3/b28-22+/t36-,37+,39-,41-/m1/s1. The number of nitrogens with zero attached hydrogens (tertiary/aromatic N) is 1. The lowest BCUT2D eigenvalue weighted by Gasteiger charge is -2.46. The minimum absolute atomic E-state index is 0.0815. The van der Waals surface area contributed by atoms with Gasteiger partial charge in [-0.15, -0.1) is 0 Å². The minimum atomic E-state index is -3.04. The molecule has 2 saturated heterocycles. The number of fused-ring (bicyclic) bond motifs is 3. The summed E-state index contributed by atoms with van der Waals surface area (Å²) in [6, 6.07) is 31.7. The van der Waals surface area contributed by atoms with E-state index in [9.17, 15) is 29.8 Å². The number of hydrogen-bond acceptors (Lipinski definition) is 8. The van der Waals surface area contributed by atoms with E-state index in [0.717, 1.165) is 32.7 Å². The van der Waals surface area contributed by atoms with Gasteiger partial charge in [-0.05, 0) is 106 Å². The molecule has 294 valence electrons. The van der Waals surface area contributed by atoms with E-state index in [0.29, 0.717) is 17.9 Å². The Balaban J connectivity index is 1.31. The van der Waals surface area contributed by atoms with Crippen LogP contribution in [0.3, 0.4) is 0 Å². The summed E-state index contributed by atoms with van der Waals surface area (Å²) in [5.41, 5.74) is 4.01. The third kappa shape index (κ3) is 7.97. The van der Waals surface area contributed by atoms with Crippen LogP contribution in [0.4, 0.5) is 5.69 Å². The normalized spacial score (nSPS) is 21.5. The molecule has 2 aliphatic heterocycles. The summed E-state index contributed by atoms with van der Waals surface area (Å²) >= 11 is 6.43. The summed E-state index contributed by atoms with van der Waals surface area (Å²) in [6.45, 7) is 8.83. The van der Waals surface area contributed by atoms with Crippen LogP contribution in [0.2, 0.25) is 16.4 Å². The summed E-state index contributed by atoms with van der Waals surface area (Å²) in [6.07, 6.45) is 2.87. The van der Waals surface area contributed by atoms with Crippen LogP contribution in [0.25, 0.3) is 6.08 Å². The van der Waals surface area contributed by atoms with Crippen LogP contribution in [0.1, 0.15) is 52.5 Å². The van der Waals surface area contributed by atoms with Gasteiger partial charge in [0.05, 0.1) is 35.3 Å². The summed E-state index contributed by atoms with van der Waals surface area (Å²) < 4.78 is 13.8. The van der Waals surface area contributed by atoms with Gasteiger partial charge in [-0.25, -0.2) is 0 Å². The second-order valence-electron chi connectivity index (χ2n) is 16.5. The van der Waals surface area contributed by atoms with Crippen LogP contribution in [0.5, 0.6) is 5.75 Å². The maximum atomic E-state index is 14.5. The van der Waals surface area contributed by atoms with Crippen molar-refractivity contribution in [2.24, 2.45) is 17.8 Å². The van der Waals surface area contributed by atoms with E-state index in [1.807, 2.05) is 49.4 Å². The average molecular weight is 804 g/mol. The molecule has 0 saturated carbocycles. The Bertz CT molecular complexity index is 2160. The number of phenolic OH excluding ortho intramolecular Hbond substituents is 1. The lowest BCUT2D eigenvalue weighted by molar-refractivity contribution is -0.122. The molecular weight excluding hydrogens is 756 g/mol. The fraction of sp³-hybridized carbons (Fsp3) is 0.318. The topological polar surface area (TPSA) is 137 Å². The van der Waals surface area contributed by atoms with Crippen molar-refractivity contribution in [2.45, 2.75) is 64.4 Å². The van der Waals surface area contributed by atoms with E-state index in [-0.39, 0.29) is 53.1 Å². The fourth-order valence-corrected chi connectivity index (χ4v) is 14.0. The van der Waals surface area contributed by atoms with Crippen molar-refractivity contribution in [3.8, 4) is 5.75 Å². The van der Waals surface area contributed by atoms with Gasteiger partial charge in [0.2, 0.25) is 11.8 Å². The number of phenols is 1. The Morgan fingerprint density at radius 2 is 1.61 bits per heavy atom. The van der Waals surface area contributed by atoms with Crippen molar-refractivity contribution in [3.63, 3.8) is 0 Å². The van der Waals surface area contributed by atoms with E-state index in [2.05, 4.69) is 45.0 Å². The van der Waals surface area contributed by atoms with Gasteiger partial charge >= 0.3 is 14.2 Å². The maximum absolute atomic E-state index is 14.5. The summed E-state index contributed by atoms with van der Waals surface area (Å²) in [7, 11) is -5.97.